The van der Waals surface area contributed by atoms with Crippen molar-refractivity contribution < 1.29 is 8.42 Å². The quantitative estimate of drug-likeness (QED) is 0.754. The second kappa shape index (κ2) is 6.26. The average molecular weight is 327 g/mol. The van der Waals surface area contributed by atoms with Gasteiger partial charge in [-0.15, -0.1) is 0 Å². The normalized spacial score (nSPS) is 11.3. The van der Waals surface area contributed by atoms with Crippen LogP contribution in [0.1, 0.15) is 12.5 Å². The smallest absolute Gasteiger partial charge is 0.261 e. The fourth-order valence-corrected chi connectivity index (χ4v) is 3.33. The summed E-state index contributed by atoms with van der Waals surface area (Å²) in [5.74, 6) is 0. The van der Waals surface area contributed by atoms with Crippen LogP contribution in [0.25, 0.3) is 11.3 Å². The number of sulfonamides is 1. The van der Waals surface area contributed by atoms with E-state index < -0.39 is 10.0 Å². The zero-order valence-electron chi connectivity index (χ0n) is 12.7. The first-order valence-electron chi connectivity index (χ1n) is 7.29. The van der Waals surface area contributed by atoms with E-state index in [9.17, 15) is 8.42 Å². The summed E-state index contributed by atoms with van der Waals surface area (Å²) < 4.78 is 27.5. The molecule has 0 bridgehead atoms. The highest BCUT2D eigenvalue weighted by molar-refractivity contribution is 7.92. The molecule has 23 heavy (non-hydrogen) atoms. The van der Waals surface area contributed by atoms with Crippen LogP contribution in [0.2, 0.25) is 0 Å². The lowest BCUT2D eigenvalue weighted by molar-refractivity contribution is 0.601. The van der Waals surface area contributed by atoms with Crippen molar-refractivity contribution in [2.75, 3.05) is 4.72 Å². The van der Waals surface area contributed by atoms with Crippen LogP contribution < -0.4 is 4.72 Å². The van der Waals surface area contributed by atoms with Gasteiger partial charge in [0.05, 0.1) is 23.1 Å². The predicted octanol–water partition coefficient (Wildman–Crippen LogP) is 3.44. The van der Waals surface area contributed by atoms with Gasteiger partial charge in [-0.1, -0.05) is 31.2 Å². The molecule has 3 aromatic rings. The van der Waals surface area contributed by atoms with E-state index in [1.54, 1.807) is 42.9 Å². The summed E-state index contributed by atoms with van der Waals surface area (Å²) in [6.45, 7) is 2.03. The summed E-state index contributed by atoms with van der Waals surface area (Å²) in [5, 5.41) is 0. The Hall–Kier alpha value is -2.60. The van der Waals surface area contributed by atoms with Crippen molar-refractivity contribution >= 4 is 15.7 Å². The number of aromatic nitrogens is 2. The number of rotatable bonds is 5. The van der Waals surface area contributed by atoms with E-state index in [2.05, 4.69) is 14.7 Å². The van der Waals surface area contributed by atoms with Gasteiger partial charge in [-0.25, -0.2) is 13.4 Å². The average Bonchev–Trinajstić information content (AvgIpc) is 3.09. The maximum atomic E-state index is 12.5. The van der Waals surface area contributed by atoms with Crippen molar-refractivity contribution in [3.05, 3.63) is 66.6 Å². The zero-order valence-corrected chi connectivity index (χ0v) is 13.5. The molecule has 1 aromatic heterocycles. The van der Waals surface area contributed by atoms with Gasteiger partial charge in [-0.3, -0.25) is 4.72 Å². The largest absolute Gasteiger partial charge is 0.345 e. The summed E-state index contributed by atoms with van der Waals surface area (Å²) in [4.78, 5) is 7.22. The molecular weight excluding hydrogens is 310 g/mol. The summed E-state index contributed by atoms with van der Waals surface area (Å²) >= 11 is 0. The summed E-state index contributed by atoms with van der Waals surface area (Å²) in [7, 11) is -3.60. The van der Waals surface area contributed by atoms with Crippen LogP contribution in [-0.4, -0.2) is 18.4 Å². The Bertz CT molecular complexity index is 886. The SMILES string of the molecule is CCc1ccc(S(=O)(=O)Nc2cccc(-c3cnc[nH]3)c2)cc1. The van der Waals surface area contributed by atoms with Crippen molar-refractivity contribution in [2.45, 2.75) is 18.2 Å². The number of aryl methyl sites for hydroxylation is 1. The highest BCUT2D eigenvalue weighted by atomic mass is 32.2. The van der Waals surface area contributed by atoms with Crippen LogP contribution in [0.5, 0.6) is 0 Å². The standard InChI is InChI=1S/C17H17N3O2S/c1-2-13-6-8-16(9-7-13)23(21,22)20-15-5-3-4-14(10-15)17-11-18-12-19-17/h3-12,20H,2H2,1H3,(H,18,19). The van der Waals surface area contributed by atoms with Crippen molar-refractivity contribution in [3.8, 4) is 11.3 Å². The first kappa shape index (κ1) is 15.3. The number of nitrogens with one attached hydrogen (secondary N) is 2. The zero-order chi connectivity index (χ0) is 16.3. The Kier molecular flexibility index (Phi) is 4.16. The molecule has 1 heterocycles. The van der Waals surface area contributed by atoms with Gasteiger partial charge in [0, 0.05) is 11.3 Å². The molecule has 0 aliphatic heterocycles. The van der Waals surface area contributed by atoms with E-state index >= 15 is 0 Å². The Morgan fingerprint density at radius 1 is 1.13 bits per heavy atom. The second-order valence-corrected chi connectivity index (χ2v) is 6.83. The monoisotopic (exact) mass is 327 g/mol. The first-order chi connectivity index (χ1) is 11.1. The van der Waals surface area contributed by atoms with Crippen molar-refractivity contribution in [1.29, 1.82) is 0 Å². The van der Waals surface area contributed by atoms with Gasteiger partial charge in [-0.2, -0.15) is 0 Å². The molecule has 0 fully saturated rings. The Morgan fingerprint density at radius 2 is 1.91 bits per heavy atom. The van der Waals surface area contributed by atoms with E-state index in [-0.39, 0.29) is 4.90 Å². The van der Waals surface area contributed by atoms with Crippen LogP contribution in [0.4, 0.5) is 5.69 Å². The fraction of sp³-hybridized carbons (Fsp3) is 0.118. The Morgan fingerprint density at radius 3 is 2.57 bits per heavy atom. The third-order valence-electron chi connectivity index (χ3n) is 3.57. The number of hydrogen-bond donors (Lipinski definition) is 2. The van der Waals surface area contributed by atoms with Crippen molar-refractivity contribution in [2.24, 2.45) is 0 Å². The molecule has 0 saturated heterocycles. The minimum atomic E-state index is -3.60. The molecule has 0 saturated carbocycles. The molecule has 118 valence electrons. The highest BCUT2D eigenvalue weighted by Crippen LogP contribution is 2.22. The van der Waals surface area contributed by atoms with Crippen molar-refractivity contribution in [1.82, 2.24) is 9.97 Å². The van der Waals surface area contributed by atoms with Gasteiger partial charge in [0.25, 0.3) is 10.0 Å². The summed E-state index contributed by atoms with van der Waals surface area (Å²) in [5.41, 5.74) is 3.31. The molecule has 0 aliphatic rings. The maximum absolute atomic E-state index is 12.5. The fourth-order valence-electron chi connectivity index (χ4n) is 2.28. The second-order valence-electron chi connectivity index (χ2n) is 5.15. The van der Waals surface area contributed by atoms with E-state index in [4.69, 9.17) is 0 Å². The van der Waals surface area contributed by atoms with E-state index in [0.717, 1.165) is 23.2 Å². The van der Waals surface area contributed by atoms with Crippen LogP contribution in [0.3, 0.4) is 0 Å². The number of anilines is 1. The van der Waals surface area contributed by atoms with Gasteiger partial charge < -0.3 is 4.98 Å². The summed E-state index contributed by atoms with van der Waals surface area (Å²) in [6, 6.07) is 14.1. The van der Waals surface area contributed by atoms with E-state index in [0.29, 0.717) is 5.69 Å². The molecule has 2 N–H and O–H groups in total. The van der Waals surface area contributed by atoms with Crippen LogP contribution in [0, 0.1) is 0 Å². The third-order valence-corrected chi connectivity index (χ3v) is 4.96. The molecule has 0 radical (unpaired) electrons. The number of benzene rings is 2. The lowest BCUT2D eigenvalue weighted by Crippen LogP contribution is -2.12. The Labute approximate surface area is 135 Å². The van der Waals surface area contributed by atoms with Gasteiger partial charge in [0.2, 0.25) is 0 Å². The lowest BCUT2D eigenvalue weighted by atomic mass is 10.1. The molecule has 5 nitrogen and oxygen atoms in total. The van der Waals surface area contributed by atoms with E-state index in [1.807, 2.05) is 25.1 Å². The third kappa shape index (κ3) is 3.43. The van der Waals surface area contributed by atoms with Gasteiger partial charge >= 0.3 is 0 Å². The molecule has 0 atom stereocenters. The first-order valence-corrected chi connectivity index (χ1v) is 8.77. The minimum Gasteiger partial charge on any atom is -0.345 e. The van der Waals surface area contributed by atoms with Gasteiger partial charge in [0.1, 0.15) is 0 Å². The number of aromatic amines is 1. The van der Waals surface area contributed by atoms with Crippen LogP contribution >= 0.6 is 0 Å². The molecule has 0 spiro atoms. The molecular formula is C17H17N3O2S. The molecule has 0 amide bonds. The predicted molar refractivity (Wildman–Crippen MR) is 90.7 cm³/mol. The molecule has 0 unspecified atom stereocenters. The minimum absolute atomic E-state index is 0.252. The van der Waals surface area contributed by atoms with Gasteiger partial charge in [-0.05, 0) is 36.2 Å². The highest BCUT2D eigenvalue weighted by Gasteiger charge is 2.14. The van der Waals surface area contributed by atoms with E-state index in [1.165, 1.54) is 0 Å². The number of imidazole rings is 1. The lowest BCUT2D eigenvalue weighted by Gasteiger charge is -2.09. The van der Waals surface area contributed by atoms with Gasteiger partial charge in [0.15, 0.2) is 0 Å². The Balaban J connectivity index is 1.87. The van der Waals surface area contributed by atoms with Crippen molar-refractivity contribution in [3.63, 3.8) is 0 Å². The number of H-pyrrole nitrogens is 1. The number of hydrogen-bond acceptors (Lipinski definition) is 3. The van der Waals surface area contributed by atoms with Crippen LogP contribution in [-0.2, 0) is 16.4 Å². The molecule has 2 aromatic carbocycles. The van der Waals surface area contributed by atoms with Crippen LogP contribution in [0.15, 0.2) is 66.0 Å². The number of nitrogens with zero attached hydrogens (tertiary/aromatic N) is 1. The molecule has 6 heteroatoms. The molecule has 3 rings (SSSR count). The summed E-state index contributed by atoms with van der Waals surface area (Å²) in [6.07, 6.45) is 4.15. The maximum Gasteiger partial charge on any atom is 0.261 e. The topological polar surface area (TPSA) is 74.8 Å². The molecule has 0 aliphatic carbocycles.